The third-order valence-corrected chi connectivity index (χ3v) is 4.40. The average Bonchev–Trinajstić information content (AvgIpc) is 2.52. The zero-order valence-electron chi connectivity index (χ0n) is 13.3. The smallest absolute Gasteiger partial charge is 0.221 e. The standard InChI is InChI=1S/C17H26ClN3O/c1-19-9-8-17(22)20-12-16-7-2-3-10-21(16)13-14-5-4-6-15(18)11-14/h4-6,11,16,19H,2-3,7-10,12-13H2,1H3,(H,20,22). The third-order valence-electron chi connectivity index (χ3n) is 4.16. The molecule has 22 heavy (non-hydrogen) atoms. The minimum Gasteiger partial charge on any atom is -0.354 e. The molecule has 1 heterocycles. The molecule has 0 saturated carbocycles. The van der Waals surface area contributed by atoms with E-state index in [0.717, 1.165) is 37.6 Å². The largest absolute Gasteiger partial charge is 0.354 e. The number of amides is 1. The van der Waals surface area contributed by atoms with Gasteiger partial charge < -0.3 is 10.6 Å². The van der Waals surface area contributed by atoms with Crippen LogP contribution in [0.15, 0.2) is 24.3 Å². The van der Waals surface area contributed by atoms with E-state index in [2.05, 4.69) is 21.6 Å². The summed E-state index contributed by atoms with van der Waals surface area (Å²) in [7, 11) is 1.86. The van der Waals surface area contributed by atoms with Gasteiger partial charge >= 0.3 is 0 Å². The Kier molecular flexibility index (Phi) is 7.16. The second-order valence-corrected chi connectivity index (χ2v) is 6.34. The Morgan fingerprint density at radius 1 is 1.41 bits per heavy atom. The molecule has 1 aliphatic rings. The van der Waals surface area contributed by atoms with E-state index in [9.17, 15) is 4.79 Å². The highest BCUT2D eigenvalue weighted by Crippen LogP contribution is 2.20. The van der Waals surface area contributed by atoms with Crippen LogP contribution >= 0.6 is 11.6 Å². The van der Waals surface area contributed by atoms with Crippen molar-refractivity contribution < 1.29 is 4.79 Å². The maximum atomic E-state index is 11.8. The number of likely N-dealkylation sites (tertiary alicyclic amines) is 1. The number of rotatable bonds is 7. The van der Waals surface area contributed by atoms with Crippen LogP contribution in [0.1, 0.15) is 31.2 Å². The van der Waals surface area contributed by atoms with E-state index in [1.807, 2.05) is 25.2 Å². The van der Waals surface area contributed by atoms with Crippen LogP contribution in [-0.2, 0) is 11.3 Å². The SMILES string of the molecule is CNCCC(=O)NCC1CCCCN1Cc1cccc(Cl)c1. The lowest BCUT2D eigenvalue weighted by molar-refractivity contribution is -0.121. The molecule has 1 atom stereocenters. The second-order valence-electron chi connectivity index (χ2n) is 5.91. The van der Waals surface area contributed by atoms with Crippen LogP contribution in [0.2, 0.25) is 5.02 Å². The van der Waals surface area contributed by atoms with Crippen molar-refractivity contribution in [2.45, 2.75) is 38.3 Å². The van der Waals surface area contributed by atoms with E-state index in [1.165, 1.54) is 18.4 Å². The average molecular weight is 324 g/mol. The Morgan fingerprint density at radius 3 is 3.05 bits per heavy atom. The van der Waals surface area contributed by atoms with Gasteiger partial charge in [0.2, 0.25) is 5.91 Å². The lowest BCUT2D eigenvalue weighted by atomic mass is 10.0. The van der Waals surface area contributed by atoms with Gasteiger partial charge in [-0.05, 0) is 44.1 Å². The molecule has 0 aliphatic carbocycles. The summed E-state index contributed by atoms with van der Waals surface area (Å²) in [5.41, 5.74) is 1.24. The number of halogens is 1. The van der Waals surface area contributed by atoms with Crippen LogP contribution in [0.3, 0.4) is 0 Å². The van der Waals surface area contributed by atoms with Crippen LogP contribution < -0.4 is 10.6 Å². The van der Waals surface area contributed by atoms with E-state index in [4.69, 9.17) is 11.6 Å². The van der Waals surface area contributed by atoms with Crippen molar-refractivity contribution in [1.82, 2.24) is 15.5 Å². The van der Waals surface area contributed by atoms with E-state index in [1.54, 1.807) is 0 Å². The van der Waals surface area contributed by atoms with Gasteiger partial charge in [0.15, 0.2) is 0 Å². The number of piperidine rings is 1. The van der Waals surface area contributed by atoms with Gasteiger partial charge in [0.1, 0.15) is 0 Å². The predicted molar refractivity (Wildman–Crippen MR) is 91.1 cm³/mol. The number of carbonyl (C=O) groups excluding carboxylic acids is 1. The van der Waals surface area contributed by atoms with Gasteiger partial charge in [0, 0.05) is 37.1 Å². The minimum atomic E-state index is 0.127. The topological polar surface area (TPSA) is 44.4 Å². The van der Waals surface area contributed by atoms with Crippen LogP contribution in [-0.4, -0.2) is 43.5 Å². The fourth-order valence-corrected chi connectivity index (χ4v) is 3.14. The molecule has 1 unspecified atom stereocenters. The number of nitrogens with zero attached hydrogens (tertiary/aromatic N) is 1. The van der Waals surface area contributed by atoms with Gasteiger partial charge in [-0.3, -0.25) is 9.69 Å². The molecule has 1 aliphatic heterocycles. The number of hydrogen-bond acceptors (Lipinski definition) is 3. The summed E-state index contributed by atoms with van der Waals surface area (Å²) in [6, 6.07) is 8.46. The monoisotopic (exact) mass is 323 g/mol. The Bertz CT molecular complexity index is 481. The molecule has 2 rings (SSSR count). The molecule has 1 saturated heterocycles. The van der Waals surface area contributed by atoms with Gasteiger partial charge in [0.05, 0.1) is 0 Å². The Balaban J connectivity index is 1.86. The molecular weight excluding hydrogens is 298 g/mol. The third kappa shape index (κ3) is 5.59. The zero-order valence-corrected chi connectivity index (χ0v) is 14.0. The number of nitrogens with one attached hydrogen (secondary N) is 2. The van der Waals surface area contributed by atoms with Crippen molar-refractivity contribution in [1.29, 1.82) is 0 Å². The highest BCUT2D eigenvalue weighted by Gasteiger charge is 2.22. The van der Waals surface area contributed by atoms with Crippen molar-refractivity contribution in [3.8, 4) is 0 Å². The molecular formula is C17H26ClN3O. The molecule has 122 valence electrons. The first-order valence-electron chi connectivity index (χ1n) is 8.09. The molecule has 0 radical (unpaired) electrons. The van der Waals surface area contributed by atoms with Gasteiger partial charge in [-0.1, -0.05) is 30.2 Å². The van der Waals surface area contributed by atoms with Gasteiger partial charge in [-0.15, -0.1) is 0 Å². The Morgan fingerprint density at radius 2 is 2.27 bits per heavy atom. The minimum absolute atomic E-state index is 0.127. The molecule has 0 aromatic heterocycles. The van der Waals surface area contributed by atoms with Gasteiger partial charge in [-0.25, -0.2) is 0 Å². The summed E-state index contributed by atoms with van der Waals surface area (Å²) in [6.07, 6.45) is 4.15. The zero-order chi connectivity index (χ0) is 15.8. The quantitative estimate of drug-likeness (QED) is 0.810. The normalized spacial score (nSPS) is 19.1. The molecule has 1 aromatic rings. The summed E-state index contributed by atoms with van der Waals surface area (Å²) in [6.45, 7) is 3.45. The first-order valence-corrected chi connectivity index (χ1v) is 8.46. The highest BCUT2D eigenvalue weighted by atomic mass is 35.5. The fraction of sp³-hybridized carbons (Fsp3) is 0.588. The van der Waals surface area contributed by atoms with E-state index in [0.29, 0.717) is 12.5 Å². The summed E-state index contributed by atoms with van der Waals surface area (Å²) in [4.78, 5) is 14.2. The van der Waals surface area contributed by atoms with E-state index < -0.39 is 0 Å². The summed E-state index contributed by atoms with van der Waals surface area (Å²) >= 11 is 6.07. The van der Waals surface area contributed by atoms with Gasteiger partial charge in [-0.2, -0.15) is 0 Å². The van der Waals surface area contributed by atoms with E-state index in [-0.39, 0.29) is 5.91 Å². The summed E-state index contributed by atoms with van der Waals surface area (Å²) in [5, 5.41) is 6.85. The molecule has 1 fully saturated rings. The molecule has 0 bridgehead atoms. The van der Waals surface area contributed by atoms with Crippen molar-refractivity contribution in [3.05, 3.63) is 34.9 Å². The van der Waals surface area contributed by atoms with E-state index >= 15 is 0 Å². The molecule has 5 heteroatoms. The maximum Gasteiger partial charge on any atom is 0.221 e. The lowest BCUT2D eigenvalue weighted by Crippen LogP contribution is -2.46. The molecule has 0 spiro atoms. The predicted octanol–water partition coefficient (Wildman–Crippen LogP) is 2.42. The Labute approximate surface area is 138 Å². The number of benzene rings is 1. The van der Waals surface area contributed by atoms with Crippen LogP contribution in [0, 0.1) is 0 Å². The molecule has 2 N–H and O–H groups in total. The van der Waals surface area contributed by atoms with Crippen molar-refractivity contribution in [2.75, 3.05) is 26.7 Å². The van der Waals surface area contributed by atoms with Crippen LogP contribution in [0.25, 0.3) is 0 Å². The first-order chi connectivity index (χ1) is 10.7. The highest BCUT2D eigenvalue weighted by molar-refractivity contribution is 6.30. The van der Waals surface area contributed by atoms with Gasteiger partial charge in [0.25, 0.3) is 0 Å². The Hall–Kier alpha value is -1.10. The summed E-state index contributed by atoms with van der Waals surface area (Å²) in [5.74, 6) is 0.127. The number of hydrogen-bond donors (Lipinski definition) is 2. The second kappa shape index (κ2) is 9.13. The molecule has 4 nitrogen and oxygen atoms in total. The first kappa shape index (κ1) is 17.3. The molecule has 1 aromatic carbocycles. The van der Waals surface area contributed by atoms with Crippen LogP contribution in [0.4, 0.5) is 0 Å². The lowest BCUT2D eigenvalue weighted by Gasteiger charge is -2.36. The van der Waals surface area contributed by atoms with Crippen molar-refractivity contribution >= 4 is 17.5 Å². The van der Waals surface area contributed by atoms with Crippen molar-refractivity contribution in [3.63, 3.8) is 0 Å². The molecule has 1 amide bonds. The van der Waals surface area contributed by atoms with Crippen molar-refractivity contribution in [2.24, 2.45) is 0 Å². The fourth-order valence-electron chi connectivity index (χ4n) is 2.93. The summed E-state index contributed by atoms with van der Waals surface area (Å²) < 4.78 is 0. The maximum absolute atomic E-state index is 11.8. The van der Waals surface area contributed by atoms with Crippen LogP contribution in [0.5, 0.6) is 0 Å². The number of carbonyl (C=O) groups is 1.